The SMILES string of the molecule is CC#CCn1c(N2CCC[C@@H](N)C2)cc2c1c(=O)n(Cc1nc(C)cc(C)n1)c(=O)n2C. The maximum atomic E-state index is 13.6. The van der Waals surface area contributed by atoms with Crippen LogP contribution in [0.25, 0.3) is 11.0 Å². The highest BCUT2D eigenvalue weighted by molar-refractivity contribution is 5.81. The Labute approximate surface area is 186 Å². The summed E-state index contributed by atoms with van der Waals surface area (Å²) in [5.74, 6) is 7.29. The van der Waals surface area contributed by atoms with Crippen LogP contribution in [-0.4, -0.2) is 42.8 Å². The molecule has 9 heteroatoms. The lowest BCUT2D eigenvalue weighted by atomic mass is 10.1. The second-order valence-electron chi connectivity index (χ2n) is 8.40. The summed E-state index contributed by atoms with van der Waals surface area (Å²) in [6, 6.07) is 3.85. The number of anilines is 1. The van der Waals surface area contributed by atoms with Gasteiger partial charge in [-0.25, -0.2) is 14.8 Å². The van der Waals surface area contributed by atoms with Crippen molar-refractivity contribution in [3.63, 3.8) is 0 Å². The maximum Gasteiger partial charge on any atom is 0.331 e. The summed E-state index contributed by atoms with van der Waals surface area (Å²) in [6.45, 7) is 7.43. The van der Waals surface area contributed by atoms with Crippen molar-refractivity contribution < 1.29 is 0 Å². The summed E-state index contributed by atoms with van der Waals surface area (Å²) in [7, 11) is 1.69. The van der Waals surface area contributed by atoms with E-state index in [2.05, 4.69) is 26.7 Å². The van der Waals surface area contributed by atoms with Crippen LogP contribution in [0.4, 0.5) is 5.82 Å². The minimum Gasteiger partial charge on any atom is -0.356 e. The van der Waals surface area contributed by atoms with E-state index in [1.54, 1.807) is 14.0 Å². The molecule has 0 spiro atoms. The number of aromatic nitrogens is 5. The third-order valence-electron chi connectivity index (χ3n) is 5.91. The quantitative estimate of drug-likeness (QED) is 0.611. The van der Waals surface area contributed by atoms with Crippen molar-refractivity contribution in [1.29, 1.82) is 0 Å². The molecule has 1 atom stereocenters. The van der Waals surface area contributed by atoms with Crippen LogP contribution < -0.4 is 21.9 Å². The molecule has 3 aromatic heterocycles. The van der Waals surface area contributed by atoms with Gasteiger partial charge in [-0.05, 0) is 39.7 Å². The molecule has 0 unspecified atom stereocenters. The molecule has 0 saturated carbocycles. The normalized spacial score (nSPS) is 16.3. The van der Waals surface area contributed by atoms with Crippen molar-refractivity contribution in [2.45, 2.75) is 52.7 Å². The van der Waals surface area contributed by atoms with Crippen LogP contribution >= 0.6 is 0 Å². The maximum absolute atomic E-state index is 13.6. The molecule has 0 aromatic carbocycles. The van der Waals surface area contributed by atoms with Gasteiger partial charge in [0.25, 0.3) is 5.56 Å². The predicted octanol–water partition coefficient (Wildman–Crippen LogP) is 0.908. The smallest absolute Gasteiger partial charge is 0.331 e. The van der Waals surface area contributed by atoms with E-state index in [-0.39, 0.29) is 18.1 Å². The number of nitrogens with two attached hydrogens (primary N) is 1. The van der Waals surface area contributed by atoms with Crippen molar-refractivity contribution >= 4 is 16.9 Å². The summed E-state index contributed by atoms with van der Waals surface area (Å²) in [4.78, 5) is 37.7. The molecule has 1 saturated heterocycles. The molecule has 168 valence electrons. The average Bonchev–Trinajstić information content (AvgIpc) is 3.13. The fourth-order valence-electron chi connectivity index (χ4n) is 4.45. The van der Waals surface area contributed by atoms with Crippen LogP contribution in [0.3, 0.4) is 0 Å². The van der Waals surface area contributed by atoms with Gasteiger partial charge >= 0.3 is 5.69 Å². The van der Waals surface area contributed by atoms with Gasteiger partial charge in [-0.3, -0.25) is 13.9 Å². The Bertz CT molecular complexity index is 1330. The van der Waals surface area contributed by atoms with E-state index in [0.29, 0.717) is 29.9 Å². The zero-order valence-corrected chi connectivity index (χ0v) is 19.1. The van der Waals surface area contributed by atoms with Gasteiger partial charge in [-0.15, -0.1) is 5.92 Å². The van der Waals surface area contributed by atoms with Gasteiger partial charge in [0.05, 0.1) is 18.6 Å². The molecule has 1 aliphatic rings. The van der Waals surface area contributed by atoms with E-state index >= 15 is 0 Å². The Morgan fingerprint density at radius 1 is 1.16 bits per heavy atom. The molecular formula is C23H29N7O2. The second kappa shape index (κ2) is 8.63. The number of hydrogen-bond acceptors (Lipinski definition) is 6. The molecule has 0 aliphatic carbocycles. The summed E-state index contributed by atoms with van der Waals surface area (Å²) >= 11 is 0. The lowest BCUT2D eigenvalue weighted by molar-refractivity contribution is 0.499. The molecule has 0 amide bonds. The Morgan fingerprint density at radius 3 is 2.53 bits per heavy atom. The molecule has 0 radical (unpaired) electrons. The lowest BCUT2D eigenvalue weighted by Crippen LogP contribution is -2.43. The zero-order valence-electron chi connectivity index (χ0n) is 19.1. The van der Waals surface area contributed by atoms with Crippen LogP contribution in [-0.2, 0) is 20.1 Å². The Kier molecular flexibility index (Phi) is 5.89. The van der Waals surface area contributed by atoms with E-state index < -0.39 is 5.69 Å². The number of nitrogens with zero attached hydrogens (tertiary/aromatic N) is 6. The number of piperidine rings is 1. The summed E-state index contributed by atoms with van der Waals surface area (Å²) in [6.07, 6.45) is 1.96. The molecule has 0 bridgehead atoms. The van der Waals surface area contributed by atoms with Crippen molar-refractivity contribution in [2.24, 2.45) is 12.8 Å². The summed E-state index contributed by atoms with van der Waals surface area (Å²) in [5, 5.41) is 0. The number of hydrogen-bond donors (Lipinski definition) is 1. The molecule has 1 aliphatic heterocycles. The molecular weight excluding hydrogens is 406 g/mol. The van der Waals surface area contributed by atoms with Crippen LogP contribution in [0.2, 0.25) is 0 Å². The standard InChI is InChI=1S/C23H29N7O2/c1-5-6-10-29-20(28-9-7-8-17(24)13-28)12-18-21(29)22(31)30(23(32)27(18)4)14-19-25-15(2)11-16(3)26-19/h11-12,17H,7-10,13-14,24H2,1-4H3/t17-/m1/s1. The van der Waals surface area contributed by atoms with E-state index in [1.165, 1.54) is 9.13 Å². The van der Waals surface area contributed by atoms with Crippen molar-refractivity contribution in [3.05, 3.63) is 50.2 Å². The zero-order chi connectivity index (χ0) is 23.0. The number of rotatable bonds is 4. The number of fused-ring (bicyclic) bond motifs is 1. The molecule has 32 heavy (non-hydrogen) atoms. The third-order valence-corrected chi connectivity index (χ3v) is 5.91. The first-order valence-electron chi connectivity index (χ1n) is 10.8. The van der Waals surface area contributed by atoms with Crippen molar-refractivity contribution in [2.75, 3.05) is 18.0 Å². The molecule has 3 aromatic rings. The minimum atomic E-state index is -0.397. The predicted molar refractivity (Wildman–Crippen MR) is 125 cm³/mol. The Morgan fingerprint density at radius 2 is 1.88 bits per heavy atom. The second-order valence-corrected chi connectivity index (χ2v) is 8.40. The Balaban J connectivity index is 1.93. The van der Waals surface area contributed by atoms with Gasteiger partial charge in [-0.2, -0.15) is 0 Å². The third kappa shape index (κ3) is 3.94. The molecule has 9 nitrogen and oxygen atoms in total. The molecule has 2 N–H and O–H groups in total. The molecule has 4 heterocycles. The van der Waals surface area contributed by atoms with Crippen molar-refractivity contribution in [3.8, 4) is 11.8 Å². The van der Waals surface area contributed by atoms with Crippen LogP contribution in [0.5, 0.6) is 0 Å². The highest BCUT2D eigenvalue weighted by atomic mass is 16.2. The molecule has 4 rings (SSSR count). The van der Waals surface area contributed by atoms with E-state index in [9.17, 15) is 9.59 Å². The van der Waals surface area contributed by atoms with Gasteiger partial charge in [-0.1, -0.05) is 5.92 Å². The van der Waals surface area contributed by atoms with Gasteiger partial charge in [0.15, 0.2) is 0 Å². The summed E-state index contributed by atoms with van der Waals surface area (Å²) in [5.41, 5.74) is 8.08. The van der Waals surface area contributed by atoms with Gasteiger partial charge in [0, 0.05) is 43.6 Å². The first-order valence-corrected chi connectivity index (χ1v) is 10.8. The largest absolute Gasteiger partial charge is 0.356 e. The minimum absolute atomic E-state index is 0.0124. The fraction of sp³-hybridized carbons (Fsp3) is 0.478. The molecule has 1 fully saturated rings. The van der Waals surface area contributed by atoms with E-state index in [4.69, 9.17) is 5.73 Å². The topological polar surface area (TPSA) is 104 Å². The average molecular weight is 436 g/mol. The lowest BCUT2D eigenvalue weighted by Gasteiger charge is -2.32. The van der Waals surface area contributed by atoms with Crippen LogP contribution in [0, 0.1) is 25.7 Å². The highest BCUT2D eigenvalue weighted by Gasteiger charge is 2.24. The first kappa shape index (κ1) is 21.8. The van der Waals surface area contributed by atoms with Gasteiger partial charge in [0.2, 0.25) is 0 Å². The van der Waals surface area contributed by atoms with Crippen molar-refractivity contribution in [1.82, 2.24) is 23.7 Å². The first-order chi connectivity index (χ1) is 15.3. The van der Waals surface area contributed by atoms with Gasteiger partial charge < -0.3 is 15.2 Å². The highest BCUT2D eigenvalue weighted by Crippen LogP contribution is 2.26. The monoisotopic (exact) mass is 435 g/mol. The van der Waals surface area contributed by atoms with E-state index in [0.717, 1.165) is 36.6 Å². The van der Waals surface area contributed by atoms with Crippen LogP contribution in [0.15, 0.2) is 21.7 Å². The fourth-order valence-corrected chi connectivity index (χ4v) is 4.45. The number of aryl methyl sites for hydroxylation is 3. The van der Waals surface area contributed by atoms with Crippen LogP contribution in [0.1, 0.15) is 37.0 Å². The Hall–Kier alpha value is -3.38. The van der Waals surface area contributed by atoms with E-state index in [1.807, 2.05) is 30.5 Å². The summed E-state index contributed by atoms with van der Waals surface area (Å²) < 4.78 is 4.63. The van der Waals surface area contributed by atoms with Gasteiger partial charge in [0.1, 0.15) is 17.2 Å².